The minimum Gasteiger partial charge on any atom is -0.373 e. The van der Waals surface area contributed by atoms with Gasteiger partial charge >= 0.3 is 0 Å². The van der Waals surface area contributed by atoms with E-state index in [0.717, 1.165) is 18.9 Å². The second-order valence-electron chi connectivity index (χ2n) is 5.00. The molecule has 22 heavy (non-hydrogen) atoms. The van der Waals surface area contributed by atoms with Gasteiger partial charge in [0.05, 0.1) is 19.4 Å². The molecule has 1 aromatic heterocycles. The summed E-state index contributed by atoms with van der Waals surface area (Å²) in [5.41, 5.74) is 0.954. The van der Waals surface area contributed by atoms with E-state index in [-0.39, 0.29) is 11.7 Å². The van der Waals surface area contributed by atoms with Crippen LogP contribution in [0.15, 0.2) is 42.6 Å². The highest BCUT2D eigenvalue weighted by atomic mass is 19.1. The molecule has 6 heteroatoms. The van der Waals surface area contributed by atoms with Gasteiger partial charge in [0.25, 0.3) is 11.7 Å². The number of nitrogens with zero attached hydrogens (tertiary/aromatic N) is 1. The van der Waals surface area contributed by atoms with E-state index in [2.05, 4.69) is 15.2 Å². The van der Waals surface area contributed by atoms with Crippen LogP contribution in [0.4, 0.5) is 15.9 Å². The van der Waals surface area contributed by atoms with Crippen molar-refractivity contribution in [2.75, 3.05) is 36.5 Å². The van der Waals surface area contributed by atoms with Crippen LogP contribution in [0.5, 0.6) is 0 Å². The molecule has 0 unspecified atom stereocenters. The summed E-state index contributed by atoms with van der Waals surface area (Å²) >= 11 is 0. The fraction of sp³-hybridized carbons (Fsp3) is 0.250. The molecule has 2 heterocycles. The maximum absolute atomic E-state index is 13.2. The molecule has 0 aliphatic carbocycles. The number of hydrogen-bond acceptors (Lipinski definition) is 3. The third-order valence-corrected chi connectivity index (χ3v) is 3.49. The largest absolute Gasteiger partial charge is 0.373 e. The van der Waals surface area contributed by atoms with Gasteiger partial charge in [-0.3, -0.25) is 9.69 Å². The molecule has 5 nitrogen and oxygen atoms in total. The Morgan fingerprint density at radius 2 is 2.05 bits per heavy atom. The Balaban J connectivity index is 1.83. The average molecular weight is 302 g/mol. The Labute approximate surface area is 127 Å². The van der Waals surface area contributed by atoms with Crippen molar-refractivity contribution in [3.63, 3.8) is 0 Å². The Hall–Kier alpha value is -2.47. The average Bonchev–Trinajstić information content (AvgIpc) is 2.56. The van der Waals surface area contributed by atoms with Crippen LogP contribution in [0.1, 0.15) is 10.4 Å². The quantitative estimate of drug-likeness (QED) is 0.939. The number of aromatic amines is 1. The van der Waals surface area contributed by atoms with Gasteiger partial charge < -0.3 is 10.1 Å². The lowest BCUT2D eigenvalue weighted by molar-refractivity contribution is -0.364. The summed E-state index contributed by atoms with van der Waals surface area (Å²) in [6.45, 7) is 2.71. The number of rotatable bonds is 3. The number of carbonyl (C=O) groups is 1. The summed E-state index contributed by atoms with van der Waals surface area (Å²) in [6, 6.07) is 9.36. The molecule has 3 rings (SSSR count). The Bertz CT molecular complexity index is 672. The zero-order valence-electron chi connectivity index (χ0n) is 12.0. The van der Waals surface area contributed by atoms with E-state index in [1.54, 1.807) is 30.5 Å². The molecule has 114 valence electrons. The monoisotopic (exact) mass is 302 g/mol. The van der Waals surface area contributed by atoms with Gasteiger partial charge in [-0.25, -0.2) is 9.37 Å². The maximum atomic E-state index is 13.2. The molecule has 1 aliphatic rings. The minimum absolute atomic E-state index is 0.274. The SMILES string of the molecule is O=C(Nc1cccc(F)c1)c1ccc[nH+]c1N1CCOCC1. The highest BCUT2D eigenvalue weighted by molar-refractivity contribution is 6.07. The number of pyridine rings is 1. The highest BCUT2D eigenvalue weighted by Crippen LogP contribution is 2.18. The Morgan fingerprint density at radius 1 is 1.23 bits per heavy atom. The van der Waals surface area contributed by atoms with Crippen molar-refractivity contribution in [3.8, 4) is 0 Å². The third-order valence-electron chi connectivity index (χ3n) is 3.49. The molecule has 2 aromatic rings. The molecule has 0 saturated carbocycles. The second-order valence-corrected chi connectivity index (χ2v) is 5.00. The van der Waals surface area contributed by atoms with Crippen LogP contribution in [0.3, 0.4) is 0 Å². The van der Waals surface area contributed by atoms with Crippen LogP contribution in [-0.4, -0.2) is 32.2 Å². The van der Waals surface area contributed by atoms with Crippen LogP contribution in [0.25, 0.3) is 0 Å². The number of anilines is 2. The van der Waals surface area contributed by atoms with E-state index < -0.39 is 0 Å². The van der Waals surface area contributed by atoms with Crippen molar-refractivity contribution in [2.45, 2.75) is 0 Å². The number of amides is 1. The summed E-state index contributed by atoms with van der Waals surface area (Å²) in [4.78, 5) is 17.7. The topological polar surface area (TPSA) is 55.7 Å². The van der Waals surface area contributed by atoms with Gasteiger partial charge in [-0.1, -0.05) is 6.07 Å². The molecular formula is C16H17FN3O2+. The van der Waals surface area contributed by atoms with Gasteiger partial charge in [0.2, 0.25) is 0 Å². The number of benzene rings is 1. The summed E-state index contributed by atoms with van der Waals surface area (Å²) in [5, 5.41) is 2.72. The van der Waals surface area contributed by atoms with Crippen LogP contribution < -0.4 is 15.2 Å². The predicted octanol–water partition coefficient (Wildman–Crippen LogP) is 1.73. The van der Waals surface area contributed by atoms with Gasteiger partial charge in [-0.15, -0.1) is 0 Å². The number of H-pyrrole nitrogens is 1. The van der Waals surface area contributed by atoms with Crippen molar-refractivity contribution in [3.05, 3.63) is 54.0 Å². The molecule has 1 fully saturated rings. The van der Waals surface area contributed by atoms with E-state index in [1.807, 2.05) is 0 Å². The van der Waals surface area contributed by atoms with Gasteiger partial charge in [0, 0.05) is 5.69 Å². The lowest BCUT2D eigenvalue weighted by Gasteiger charge is -2.22. The summed E-state index contributed by atoms with van der Waals surface area (Å²) in [7, 11) is 0. The number of hydrogen-bond donors (Lipinski definition) is 1. The Morgan fingerprint density at radius 3 is 2.82 bits per heavy atom. The summed E-state index contributed by atoms with van der Waals surface area (Å²) in [5.74, 6) is 0.0921. The third kappa shape index (κ3) is 3.23. The fourth-order valence-corrected chi connectivity index (χ4v) is 2.42. The number of aromatic nitrogens is 1. The molecule has 1 aliphatic heterocycles. The lowest BCUT2D eigenvalue weighted by Crippen LogP contribution is -2.40. The number of nitrogens with one attached hydrogen (secondary N) is 2. The first-order valence-corrected chi connectivity index (χ1v) is 7.14. The van der Waals surface area contributed by atoms with Gasteiger partial charge in [0.15, 0.2) is 0 Å². The number of halogens is 1. The summed E-state index contributed by atoms with van der Waals surface area (Å²) < 4.78 is 18.5. The van der Waals surface area contributed by atoms with E-state index in [0.29, 0.717) is 24.5 Å². The standard InChI is InChI=1S/C16H16FN3O2/c17-12-3-1-4-13(11-12)19-16(21)14-5-2-6-18-15(14)20-7-9-22-10-8-20/h1-6,11H,7-10H2,(H,19,21)/p+1. The van der Waals surface area contributed by atoms with Gasteiger partial charge in [-0.05, 0) is 30.3 Å². The van der Waals surface area contributed by atoms with Crippen molar-refractivity contribution < 1.29 is 18.9 Å². The van der Waals surface area contributed by atoms with Crippen molar-refractivity contribution in [1.82, 2.24) is 0 Å². The molecule has 0 radical (unpaired) electrons. The zero-order valence-corrected chi connectivity index (χ0v) is 12.0. The van der Waals surface area contributed by atoms with Crippen LogP contribution in [0.2, 0.25) is 0 Å². The molecular weight excluding hydrogens is 285 g/mol. The number of ether oxygens (including phenoxy) is 1. The molecule has 0 spiro atoms. The van der Waals surface area contributed by atoms with Crippen molar-refractivity contribution in [1.29, 1.82) is 0 Å². The van der Waals surface area contributed by atoms with Gasteiger partial charge in [0.1, 0.15) is 24.5 Å². The van der Waals surface area contributed by atoms with Crippen molar-refractivity contribution >= 4 is 17.4 Å². The first-order valence-electron chi connectivity index (χ1n) is 7.14. The first-order chi connectivity index (χ1) is 10.7. The maximum Gasteiger partial charge on any atom is 0.287 e. The normalized spacial score (nSPS) is 14.7. The highest BCUT2D eigenvalue weighted by Gasteiger charge is 2.25. The molecule has 0 bridgehead atoms. The smallest absolute Gasteiger partial charge is 0.287 e. The summed E-state index contributed by atoms with van der Waals surface area (Å²) in [6.07, 6.45) is 1.78. The lowest BCUT2D eigenvalue weighted by atomic mass is 10.2. The van der Waals surface area contributed by atoms with Crippen LogP contribution >= 0.6 is 0 Å². The van der Waals surface area contributed by atoms with Crippen LogP contribution in [0, 0.1) is 5.82 Å². The predicted molar refractivity (Wildman–Crippen MR) is 80.4 cm³/mol. The van der Waals surface area contributed by atoms with E-state index >= 15 is 0 Å². The van der Waals surface area contributed by atoms with Crippen molar-refractivity contribution in [2.24, 2.45) is 0 Å². The van der Waals surface area contributed by atoms with Crippen LogP contribution in [-0.2, 0) is 4.74 Å². The zero-order chi connectivity index (χ0) is 15.4. The number of morpholine rings is 1. The van der Waals surface area contributed by atoms with Gasteiger partial charge in [-0.2, -0.15) is 0 Å². The Kier molecular flexibility index (Phi) is 4.29. The molecule has 0 atom stereocenters. The molecule has 1 amide bonds. The molecule has 1 saturated heterocycles. The minimum atomic E-state index is -0.383. The van der Waals surface area contributed by atoms with E-state index in [1.165, 1.54) is 12.1 Å². The second kappa shape index (κ2) is 6.53. The molecule has 2 N–H and O–H groups in total. The fourth-order valence-electron chi connectivity index (χ4n) is 2.42. The van der Waals surface area contributed by atoms with E-state index in [9.17, 15) is 9.18 Å². The number of carbonyl (C=O) groups excluding carboxylic acids is 1. The first kappa shape index (κ1) is 14.5. The van der Waals surface area contributed by atoms with E-state index in [4.69, 9.17) is 4.74 Å². The molecule has 1 aromatic carbocycles.